The van der Waals surface area contributed by atoms with Crippen LogP contribution in [-0.2, 0) is 33.3 Å². The third kappa shape index (κ3) is 31.8. The molecule has 0 rings (SSSR count). The van der Waals surface area contributed by atoms with Gasteiger partial charge in [0, 0.05) is 12.8 Å². The summed E-state index contributed by atoms with van der Waals surface area (Å²) in [6, 6.07) is 0. The molecule has 0 radical (unpaired) electrons. The molecule has 276 valence electrons. The first kappa shape index (κ1) is 45.2. The van der Waals surface area contributed by atoms with E-state index in [0.717, 1.165) is 83.5 Å². The van der Waals surface area contributed by atoms with E-state index in [-0.39, 0.29) is 38.6 Å². The van der Waals surface area contributed by atoms with E-state index in [1.54, 1.807) is 0 Å². The van der Waals surface area contributed by atoms with Gasteiger partial charge in [0.05, 0.1) is 40.3 Å². The molecule has 2 atom stereocenters. The minimum Gasteiger partial charge on any atom is -0.545 e. The van der Waals surface area contributed by atoms with E-state index in [0.29, 0.717) is 17.4 Å². The Morgan fingerprint density at radius 2 is 1.19 bits per heavy atom. The third-order valence-electron chi connectivity index (χ3n) is 7.29. The van der Waals surface area contributed by atoms with Gasteiger partial charge >= 0.3 is 11.9 Å². The summed E-state index contributed by atoms with van der Waals surface area (Å²) in [5.41, 5.74) is 0. The Labute approximate surface area is 292 Å². The van der Waals surface area contributed by atoms with Gasteiger partial charge in [-0.3, -0.25) is 9.59 Å². The second-order valence-corrected chi connectivity index (χ2v) is 13.1. The van der Waals surface area contributed by atoms with Gasteiger partial charge in [-0.15, -0.1) is 0 Å². The maximum absolute atomic E-state index is 12.6. The van der Waals surface area contributed by atoms with E-state index in [1.165, 1.54) is 6.42 Å². The molecule has 0 aliphatic carbocycles. The van der Waals surface area contributed by atoms with Gasteiger partial charge in [-0.25, -0.2) is 0 Å². The number of hydrogen-bond acceptors (Lipinski definition) is 8. The van der Waals surface area contributed by atoms with Crippen LogP contribution in [0.4, 0.5) is 0 Å². The molecule has 2 unspecified atom stereocenters. The number of esters is 2. The average Bonchev–Trinajstić information content (AvgIpc) is 3.03. The standard InChI is InChI=1S/C39H67NO8/c1-6-8-10-12-14-16-18-19-20-22-24-26-28-30-37(42)48-35(34-47-39(38(43)44)45-32-31-40(3,4)5)33-46-36(41)29-27-25-23-21-17-15-13-11-9-7-2/h8,10-11,13-14,16,19-20,35,39H,6-7,9,12,15,17-18,21-34H2,1-5H3/b10-8-,13-11-,16-14-,20-19-. The van der Waals surface area contributed by atoms with Gasteiger partial charge < -0.3 is 33.3 Å². The summed E-state index contributed by atoms with van der Waals surface area (Å²) < 4.78 is 22.3. The molecule has 0 saturated carbocycles. The molecule has 0 fully saturated rings. The van der Waals surface area contributed by atoms with Gasteiger partial charge in [-0.2, -0.15) is 0 Å². The number of quaternary nitrogens is 1. The summed E-state index contributed by atoms with van der Waals surface area (Å²) in [6.07, 6.45) is 30.1. The fraction of sp³-hybridized carbons (Fsp3) is 0.718. The van der Waals surface area contributed by atoms with E-state index in [1.807, 2.05) is 21.1 Å². The molecule has 9 nitrogen and oxygen atoms in total. The highest BCUT2D eigenvalue weighted by Crippen LogP contribution is 2.11. The smallest absolute Gasteiger partial charge is 0.306 e. The summed E-state index contributed by atoms with van der Waals surface area (Å²) in [5.74, 6) is -2.35. The van der Waals surface area contributed by atoms with Gasteiger partial charge in [0.25, 0.3) is 0 Å². The molecule has 0 aromatic heterocycles. The molecule has 0 bridgehead atoms. The number of aliphatic carboxylic acids is 1. The number of carbonyl (C=O) groups is 3. The van der Waals surface area contributed by atoms with Crippen LogP contribution in [0.2, 0.25) is 0 Å². The third-order valence-corrected chi connectivity index (χ3v) is 7.29. The van der Waals surface area contributed by atoms with E-state index < -0.39 is 24.3 Å². The van der Waals surface area contributed by atoms with Crippen LogP contribution in [0.25, 0.3) is 0 Å². The van der Waals surface area contributed by atoms with E-state index >= 15 is 0 Å². The molecule has 0 heterocycles. The minimum atomic E-state index is -1.63. The van der Waals surface area contributed by atoms with Crippen molar-refractivity contribution in [2.75, 3.05) is 47.5 Å². The van der Waals surface area contributed by atoms with Crippen molar-refractivity contribution in [2.24, 2.45) is 0 Å². The lowest BCUT2D eigenvalue weighted by molar-refractivity contribution is -0.870. The number of unbranched alkanes of at least 4 members (excludes halogenated alkanes) is 9. The van der Waals surface area contributed by atoms with Crippen molar-refractivity contribution in [3.63, 3.8) is 0 Å². The molecule has 0 aliphatic rings. The summed E-state index contributed by atoms with van der Waals surface area (Å²) in [5, 5.41) is 11.6. The van der Waals surface area contributed by atoms with Gasteiger partial charge in [-0.1, -0.05) is 94.6 Å². The molecule has 0 aromatic rings. The number of allylic oxidation sites excluding steroid dienone is 8. The highest BCUT2D eigenvalue weighted by atomic mass is 16.7. The van der Waals surface area contributed by atoms with Crippen molar-refractivity contribution < 1.29 is 42.9 Å². The fourth-order valence-electron chi connectivity index (χ4n) is 4.43. The van der Waals surface area contributed by atoms with E-state index in [9.17, 15) is 19.5 Å². The summed E-state index contributed by atoms with van der Waals surface area (Å²) >= 11 is 0. The number of carboxylic acids is 1. The van der Waals surface area contributed by atoms with Gasteiger partial charge in [0.2, 0.25) is 0 Å². The Bertz CT molecular complexity index is 935. The average molecular weight is 678 g/mol. The number of carbonyl (C=O) groups excluding carboxylic acids is 3. The van der Waals surface area contributed by atoms with Crippen LogP contribution < -0.4 is 5.11 Å². The Kier molecular flexibility index (Phi) is 29.7. The largest absolute Gasteiger partial charge is 0.545 e. The van der Waals surface area contributed by atoms with Gasteiger partial charge in [0.1, 0.15) is 13.2 Å². The van der Waals surface area contributed by atoms with Crippen molar-refractivity contribution in [3.05, 3.63) is 48.6 Å². The van der Waals surface area contributed by atoms with Crippen molar-refractivity contribution in [2.45, 2.75) is 135 Å². The monoisotopic (exact) mass is 677 g/mol. The summed E-state index contributed by atoms with van der Waals surface area (Å²) in [7, 11) is 5.87. The Balaban J connectivity index is 4.65. The summed E-state index contributed by atoms with van der Waals surface area (Å²) in [6.45, 7) is 4.47. The second kappa shape index (κ2) is 31.5. The quantitative estimate of drug-likeness (QED) is 0.0243. The molecule has 48 heavy (non-hydrogen) atoms. The lowest BCUT2D eigenvalue weighted by Crippen LogP contribution is -2.44. The van der Waals surface area contributed by atoms with Crippen LogP contribution in [0.1, 0.15) is 123 Å². The van der Waals surface area contributed by atoms with Crippen molar-refractivity contribution >= 4 is 17.9 Å². The lowest BCUT2D eigenvalue weighted by Gasteiger charge is -2.26. The number of likely N-dealkylation sites (N-methyl/N-ethyl adjacent to an activating group) is 1. The Morgan fingerprint density at radius 1 is 0.646 bits per heavy atom. The topological polar surface area (TPSA) is 111 Å². The molecular formula is C39H67NO8. The van der Waals surface area contributed by atoms with Crippen molar-refractivity contribution in [3.8, 4) is 0 Å². The molecule has 0 aromatic carbocycles. The Morgan fingerprint density at radius 3 is 1.81 bits per heavy atom. The van der Waals surface area contributed by atoms with Crippen LogP contribution in [0.3, 0.4) is 0 Å². The minimum absolute atomic E-state index is 0.139. The van der Waals surface area contributed by atoms with Crippen LogP contribution in [0.5, 0.6) is 0 Å². The molecule has 9 heteroatoms. The Hall–Kier alpha value is -2.75. The van der Waals surface area contributed by atoms with Gasteiger partial charge in [0.15, 0.2) is 12.4 Å². The predicted octanol–water partition coefficient (Wildman–Crippen LogP) is 7.15. The zero-order valence-electron chi connectivity index (χ0n) is 30.8. The maximum Gasteiger partial charge on any atom is 0.306 e. The van der Waals surface area contributed by atoms with Gasteiger partial charge in [-0.05, 0) is 64.2 Å². The van der Waals surface area contributed by atoms with E-state index in [2.05, 4.69) is 62.5 Å². The zero-order chi connectivity index (χ0) is 35.7. The maximum atomic E-state index is 12.6. The first-order chi connectivity index (χ1) is 23.1. The fourth-order valence-corrected chi connectivity index (χ4v) is 4.43. The normalized spacial score (nSPS) is 13.6. The second-order valence-electron chi connectivity index (χ2n) is 13.1. The molecule has 0 aliphatic heterocycles. The molecule has 0 saturated heterocycles. The number of rotatable bonds is 32. The number of ether oxygens (including phenoxy) is 4. The first-order valence-corrected chi connectivity index (χ1v) is 18.3. The van der Waals surface area contributed by atoms with Crippen LogP contribution >= 0.6 is 0 Å². The molecule has 0 amide bonds. The van der Waals surface area contributed by atoms with Crippen LogP contribution in [0.15, 0.2) is 48.6 Å². The van der Waals surface area contributed by atoms with Crippen LogP contribution in [-0.4, -0.2) is 82.3 Å². The first-order valence-electron chi connectivity index (χ1n) is 18.3. The zero-order valence-corrected chi connectivity index (χ0v) is 30.8. The number of hydrogen-bond donors (Lipinski definition) is 0. The van der Waals surface area contributed by atoms with E-state index in [4.69, 9.17) is 18.9 Å². The SMILES string of the molecule is CC/C=C\C/C=C\C/C=C\CCCCCC(=O)OC(COC(=O)CCCCCCC/C=C\CCC)COC(OCC[N+](C)(C)C)C(=O)[O-]. The molecule has 0 N–H and O–H groups in total. The number of carboxylic acid groups (broad SMARTS) is 1. The van der Waals surface area contributed by atoms with Crippen molar-refractivity contribution in [1.29, 1.82) is 0 Å². The van der Waals surface area contributed by atoms with Crippen molar-refractivity contribution in [1.82, 2.24) is 0 Å². The molecular weight excluding hydrogens is 610 g/mol. The highest BCUT2D eigenvalue weighted by Gasteiger charge is 2.21. The number of nitrogens with zero attached hydrogens (tertiary/aromatic N) is 1. The predicted molar refractivity (Wildman–Crippen MR) is 191 cm³/mol. The lowest BCUT2D eigenvalue weighted by atomic mass is 10.1. The highest BCUT2D eigenvalue weighted by molar-refractivity contribution is 5.70. The van der Waals surface area contributed by atoms with Crippen LogP contribution in [0, 0.1) is 0 Å². The summed E-state index contributed by atoms with van der Waals surface area (Å²) in [4.78, 5) is 36.6. The molecule has 0 spiro atoms.